The first-order valence-electron chi connectivity index (χ1n) is 6.66. The average Bonchev–Trinajstić information content (AvgIpc) is 2.38. The smallest absolute Gasteiger partial charge is 0.255 e. The van der Waals surface area contributed by atoms with Crippen molar-refractivity contribution in [3.05, 3.63) is 23.9 Å². The number of β-amino-alcohol motifs (C(OH)–C–C–N with tert-alkyl or cyclic N) is 1. The number of piperidine rings is 1. The quantitative estimate of drug-likeness (QED) is 0.898. The Kier molecular flexibility index (Phi) is 4.37. The summed E-state index contributed by atoms with van der Waals surface area (Å²) in [6, 6.07) is 3.42. The highest BCUT2D eigenvalue weighted by Crippen LogP contribution is 2.15. The number of aliphatic hydroxyl groups is 1. The number of aliphatic hydroxyl groups excluding tert-OH is 1. The van der Waals surface area contributed by atoms with Crippen LogP contribution in [-0.2, 0) is 0 Å². The topological polar surface area (TPSA) is 62.7 Å². The van der Waals surface area contributed by atoms with Crippen LogP contribution in [0.4, 0.5) is 0 Å². The Morgan fingerprint density at radius 1 is 1.53 bits per heavy atom. The summed E-state index contributed by atoms with van der Waals surface area (Å²) in [7, 11) is 0. The number of hydrogen-bond donors (Lipinski definition) is 1. The van der Waals surface area contributed by atoms with Gasteiger partial charge in [0.25, 0.3) is 5.91 Å². The van der Waals surface area contributed by atoms with Crippen molar-refractivity contribution in [2.45, 2.75) is 38.9 Å². The molecule has 1 saturated heterocycles. The van der Waals surface area contributed by atoms with Crippen molar-refractivity contribution in [1.82, 2.24) is 9.88 Å². The van der Waals surface area contributed by atoms with Crippen LogP contribution in [0.25, 0.3) is 0 Å². The molecule has 1 unspecified atom stereocenters. The van der Waals surface area contributed by atoms with Crippen LogP contribution in [0.2, 0.25) is 0 Å². The Hall–Kier alpha value is -1.62. The first-order valence-corrected chi connectivity index (χ1v) is 6.66. The predicted molar refractivity (Wildman–Crippen MR) is 71.1 cm³/mol. The molecule has 104 valence electrons. The van der Waals surface area contributed by atoms with E-state index in [0.717, 1.165) is 12.8 Å². The molecule has 19 heavy (non-hydrogen) atoms. The molecule has 1 aromatic rings. The molecule has 0 saturated carbocycles. The van der Waals surface area contributed by atoms with Crippen LogP contribution >= 0.6 is 0 Å². The minimum atomic E-state index is -0.408. The lowest BCUT2D eigenvalue weighted by molar-refractivity contribution is 0.0473. The van der Waals surface area contributed by atoms with Gasteiger partial charge in [0.1, 0.15) is 0 Å². The minimum Gasteiger partial charge on any atom is -0.475 e. The van der Waals surface area contributed by atoms with Crippen LogP contribution in [0.1, 0.15) is 37.0 Å². The van der Waals surface area contributed by atoms with E-state index in [1.165, 1.54) is 6.20 Å². The van der Waals surface area contributed by atoms with E-state index >= 15 is 0 Å². The van der Waals surface area contributed by atoms with E-state index < -0.39 is 6.10 Å². The van der Waals surface area contributed by atoms with Crippen LogP contribution in [0, 0.1) is 0 Å². The number of likely N-dealkylation sites (tertiary alicyclic amines) is 1. The fraction of sp³-hybridized carbons (Fsp3) is 0.571. The Balaban J connectivity index is 2.02. The first-order chi connectivity index (χ1) is 9.06. The number of amides is 1. The molecular formula is C14H20N2O3. The van der Waals surface area contributed by atoms with Crippen molar-refractivity contribution in [3.63, 3.8) is 0 Å². The molecule has 2 rings (SSSR count). The number of hydrogen-bond acceptors (Lipinski definition) is 4. The molecule has 5 heteroatoms. The molecule has 1 aliphatic rings. The Morgan fingerprint density at radius 2 is 2.32 bits per heavy atom. The highest BCUT2D eigenvalue weighted by Gasteiger charge is 2.23. The highest BCUT2D eigenvalue weighted by molar-refractivity contribution is 5.94. The van der Waals surface area contributed by atoms with E-state index in [0.29, 0.717) is 24.5 Å². The van der Waals surface area contributed by atoms with Gasteiger partial charge in [0.2, 0.25) is 5.88 Å². The van der Waals surface area contributed by atoms with Gasteiger partial charge in [0.05, 0.1) is 17.8 Å². The van der Waals surface area contributed by atoms with Gasteiger partial charge >= 0.3 is 0 Å². The van der Waals surface area contributed by atoms with Crippen LogP contribution in [0.15, 0.2) is 18.3 Å². The molecule has 0 bridgehead atoms. The normalized spacial score (nSPS) is 19.6. The monoisotopic (exact) mass is 264 g/mol. The lowest BCUT2D eigenvalue weighted by atomic mass is 10.1. The number of nitrogens with zero attached hydrogens (tertiary/aromatic N) is 2. The van der Waals surface area contributed by atoms with E-state index in [4.69, 9.17) is 4.74 Å². The molecule has 0 aliphatic carbocycles. The summed E-state index contributed by atoms with van der Waals surface area (Å²) in [4.78, 5) is 18.0. The Bertz CT molecular complexity index is 431. The van der Waals surface area contributed by atoms with Crippen LogP contribution in [-0.4, -0.2) is 46.2 Å². The van der Waals surface area contributed by atoms with Gasteiger partial charge in [-0.2, -0.15) is 0 Å². The minimum absolute atomic E-state index is 0.0614. The zero-order chi connectivity index (χ0) is 13.8. The summed E-state index contributed by atoms with van der Waals surface area (Å²) in [6.07, 6.45) is 2.79. The fourth-order valence-corrected chi connectivity index (χ4v) is 2.14. The van der Waals surface area contributed by atoms with E-state index in [-0.39, 0.29) is 12.0 Å². The molecule has 1 aromatic heterocycles. The second kappa shape index (κ2) is 6.02. The zero-order valence-electron chi connectivity index (χ0n) is 11.4. The summed E-state index contributed by atoms with van der Waals surface area (Å²) in [5.41, 5.74) is 0.533. The van der Waals surface area contributed by atoms with E-state index in [1.54, 1.807) is 17.0 Å². The average molecular weight is 264 g/mol. The number of aromatic nitrogens is 1. The summed E-state index contributed by atoms with van der Waals surface area (Å²) in [5, 5.41) is 9.59. The van der Waals surface area contributed by atoms with Crippen molar-refractivity contribution in [3.8, 4) is 5.88 Å². The highest BCUT2D eigenvalue weighted by atomic mass is 16.5. The molecule has 1 atom stereocenters. The van der Waals surface area contributed by atoms with E-state index in [9.17, 15) is 9.90 Å². The molecule has 1 aliphatic heterocycles. The van der Waals surface area contributed by atoms with Crippen molar-refractivity contribution in [2.75, 3.05) is 13.1 Å². The fourth-order valence-electron chi connectivity index (χ4n) is 2.14. The van der Waals surface area contributed by atoms with Gasteiger partial charge < -0.3 is 14.7 Å². The maximum absolute atomic E-state index is 12.2. The van der Waals surface area contributed by atoms with Gasteiger partial charge in [-0.05, 0) is 32.8 Å². The van der Waals surface area contributed by atoms with Crippen LogP contribution in [0.3, 0.4) is 0 Å². The van der Waals surface area contributed by atoms with Crippen LogP contribution < -0.4 is 4.74 Å². The maximum atomic E-state index is 12.2. The molecule has 1 fully saturated rings. The molecule has 1 amide bonds. The second-order valence-electron chi connectivity index (χ2n) is 5.10. The van der Waals surface area contributed by atoms with Crippen molar-refractivity contribution in [1.29, 1.82) is 0 Å². The number of carbonyl (C=O) groups excluding carboxylic acids is 1. The summed E-state index contributed by atoms with van der Waals surface area (Å²) < 4.78 is 5.44. The molecule has 5 nitrogen and oxygen atoms in total. The summed E-state index contributed by atoms with van der Waals surface area (Å²) in [5.74, 6) is 0.438. The molecule has 2 heterocycles. The number of ether oxygens (including phenoxy) is 1. The second-order valence-corrected chi connectivity index (χ2v) is 5.10. The molecule has 0 spiro atoms. The number of rotatable bonds is 3. The third-order valence-corrected chi connectivity index (χ3v) is 3.02. The van der Waals surface area contributed by atoms with Gasteiger partial charge in [0.15, 0.2) is 0 Å². The van der Waals surface area contributed by atoms with E-state index in [2.05, 4.69) is 4.98 Å². The van der Waals surface area contributed by atoms with Crippen molar-refractivity contribution in [2.24, 2.45) is 0 Å². The summed E-state index contributed by atoms with van der Waals surface area (Å²) >= 11 is 0. The Morgan fingerprint density at radius 3 is 2.89 bits per heavy atom. The molecule has 0 aromatic carbocycles. The Labute approximate surface area is 113 Å². The SMILES string of the molecule is CC(C)Oc1ccc(C(=O)N2CCCC(O)C2)cn1. The van der Waals surface area contributed by atoms with Crippen molar-refractivity contribution < 1.29 is 14.6 Å². The lowest BCUT2D eigenvalue weighted by Gasteiger charge is -2.30. The van der Waals surface area contributed by atoms with Gasteiger partial charge in [0, 0.05) is 25.4 Å². The number of carbonyl (C=O) groups is 1. The van der Waals surface area contributed by atoms with Crippen molar-refractivity contribution >= 4 is 5.91 Å². The standard InChI is InChI=1S/C14H20N2O3/c1-10(2)19-13-6-5-11(8-15-13)14(18)16-7-3-4-12(17)9-16/h5-6,8,10,12,17H,3-4,7,9H2,1-2H3. The largest absolute Gasteiger partial charge is 0.475 e. The van der Waals surface area contributed by atoms with Gasteiger partial charge in [-0.1, -0.05) is 0 Å². The van der Waals surface area contributed by atoms with Gasteiger partial charge in [-0.25, -0.2) is 4.98 Å². The van der Waals surface area contributed by atoms with Gasteiger partial charge in [-0.3, -0.25) is 4.79 Å². The lowest BCUT2D eigenvalue weighted by Crippen LogP contribution is -2.42. The maximum Gasteiger partial charge on any atom is 0.255 e. The first kappa shape index (κ1) is 13.8. The molecule has 1 N–H and O–H groups in total. The third kappa shape index (κ3) is 3.67. The summed E-state index contributed by atoms with van der Waals surface area (Å²) in [6.45, 7) is 4.95. The van der Waals surface area contributed by atoms with Gasteiger partial charge in [-0.15, -0.1) is 0 Å². The third-order valence-electron chi connectivity index (χ3n) is 3.02. The predicted octanol–water partition coefficient (Wildman–Crippen LogP) is 1.47. The zero-order valence-corrected chi connectivity index (χ0v) is 11.4. The number of pyridine rings is 1. The van der Waals surface area contributed by atoms with Crippen LogP contribution in [0.5, 0.6) is 5.88 Å². The molecule has 0 radical (unpaired) electrons. The van der Waals surface area contributed by atoms with E-state index in [1.807, 2.05) is 13.8 Å². The molecular weight excluding hydrogens is 244 g/mol.